The van der Waals surface area contributed by atoms with Crippen LogP contribution in [0.25, 0.3) is 0 Å². The van der Waals surface area contributed by atoms with Crippen LogP contribution in [0.3, 0.4) is 0 Å². The van der Waals surface area contributed by atoms with Gasteiger partial charge in [0.25, 0.3) is 0 Å². The summed E-state index contributed by atoms with van der Waals surface area (Å²) in [6.45, 7) is 1.96. The molecule has 1 N–H and O–H groups in total. The van der Waals surface area contributed by atoms with E-state index in [2.05, 4.69) is 16.9 Å². The molecule has 0 saturated heterocycles. The third kappa shape index (κ3) is 3.53. The second-order valence-corrected chi connectivity index (χ2v) is 5.11. The lowest BCUT2D eigenvalue weighted by atomic mass is 10.2. The molecule has 0 bridgehead atoms. The molecular formula is C8H11O3PS. The van der Waals surface area contributed by atoms with Crippen molar-refractivity contribution in [1.29, 1.82) is 0 Å². The molecule has 0 spiro atoms. The molecule has 0 saturated carbocycles. The van der Waals surface area contributed by atoms with Crippen LogP contribution in [-0.2, 0) is 14.7 Å². The fraction of sp³-hybridized carbons (Fsp3) is 0.250. The Morgan fingerprint density at radius 1 is 1.46 bits per heavy atom. The van der Waals surface area contributed by atoms with Gasteiger partial charge >= 0.3 is 7.60 Å². The highest BCUT2D eigenvalue weighted by Crippen LogP contribution is 2.46. The first kappa shape index (κ1) is 10.8. The molecule has 1 rings (SSSR count). The normalized spacial score (nSPS) is 15.3. The SMILES string of the molecule is Cc1ccc(CP(=O)(O)OS)cc1. The molecule has 72 valence electrons. The van der Waals surface area contributed by atoms with E-state index in [0.717, 1.165) is 11.1 Å². The number of hydrogen-bond donors (Lipinski definition) is 2. The number of thiol groups is 1. The summed E-state index contributed by atoms with van der Waals surface area (Å²) < 4.78 is 15.3. The van der Waals surface area contributed by atoms with Gasteiger partial charge in [0.15, 0.2) is 0 Å². The monoisotopic (exact) mass is 218 g/mol. The van der Waals surface area contributed by atoms with Crippen molar-refractivity contribution < 1.29 is 13.4 Å². The second-order valence-electron chi connectivity index (χ2n) is 2.86. The van der Waals surface area contributed by atoms with Crippen molar-refractivity contribution in [1.82, 2.24) is 0 Å². The average Bonchev–Trinajstić information content (AvgIpc) is 2.09. The van der Waals surface area contributed by atoms with Crippen LogP contribution in [0, 0.1) is 6.92 Å². The predicted molar refractivity (Wildman–Crippen MR) is 54.8 cm³/mol. The van der Waals surface area contributed by atoms with Crippen molar-refractivity contribution in [3.8, 4) is 0 Å². The second kappa shape index (κ2) is 4.29. The molecule has 0 aliphatic carbocycles. The van der Waals surface area contributed by atoms with Gasteiger partial charge in [-0.1, -0.05) is 29.8 Å². The average molecular weight is 218 g/mol. The highest BCUT2D eigenvalue weighted by molar-refractivity contribution is 7.81. The molecule has 0 amide bonds. The number of rotatable bonds is 3. The van der Waals surface area contributed by atoms with Crippen molar-refractivity contribution >= 4 is 20.5 Å². The number of benzene rings is 1. The lowest BCUT2D eigenvalue weighted by Gasteiger charge is -2.07. The van der Waals surface area contributed by atoms with Crippen LogP contribution in [0.2, 0.25) is 0 Å². The molecule has 0 aliphatic rings. The first-order valence-corrected chi connectivity index (χ1v) is 5.87. The summed E-state index contributed by atoms with van der Waals surface area (Å²) in [5.41, 5.74) is 1.88. The third-order valence-corrected chi connectivity index (χ3v) is 3.42. The lowest BCUT2D eigenvalue weighted by molar-refractivity contribution is 0.402. The standard InChI is InChI=1S/C8H11O3PS/c1-7-2-4-8(5-3-7)6-12(9,10)11-13/h2-5,13H,6H2,1H3,(H,9,10). The predicted octanol–water partition coefficient (Wildman–Crippen LogP) is 2.54. The van der Waals surface area contributed by atoms with Gasteiger partial charge in [0.1, 0.15) is 0 Å². The number of hydrogen-bond acceptors (Lipinski definition) is 3. The first-order valence-electron chi connectivity index (χ1n) is 3.74. The molecule has 0 heterocycles. The van der Waals surface area contributed by atoms with Crippen LogP contribution in [0.15, 0.2) is 24.3 Å². The Kier molecular flexibility index (Phi) is 3.56. The summed E-state index contributed by atoms with van der Waals surface area (Å²) in [5.74, 6) is 0. The van der Waals surface area contributed by atoms with E-state index in [4.69, 9.17) is 4.89 Å². The minimum atomic E-state index is -3.55. The molecule has 5 heteroatoms. The Labute approximate surface area is 82.9 Å². The quantitative estimate of drug-likeness (QED) is 0.465. The Balaban J connectivity index is 2.75. The molecule has 0 fully saturated rings. The number of aryl methyl sites for hydroxylation is 1. The van der Waals surface area contributed by atoms with Crippen molar-refractivity contribution in [2.24, 2.45) is 0 Å². The molecule has 1 aromatic carbocycles. The van der Waals surface area contributed by atoms with Gasteiger partial charge in [-0.25, -0.2) is 3.97 Å². The topological polar surface area (TPSA) is 46.5 Å². The van der Waals surface area contributed by atoms with Crippen LogP contribution in [0.4, 0.5) is 0 Å². The van der Waals surface area contributed by atoms with E-state index in [1.165, 1.54) is 0 Å². The summed E-state index contributed by atoms with van der Waals surface area (Å²) in [4.78, 5) is 9.10. The zero-order valence-electron chi connectivity index (χ0n) is 7.17. The van der Waals surface area contributed by atoms with Gasteiger partial charge < -0.3 is 4.89 Å². The van der Waals surface area contributed by atoms with Gasteiger partial charge in [-0.05, 0) is 25.4 Å². The van der Waals surface area contributed by atoms with E-state index < -0.39 is 7.60 Å². The molecule has 0 aliphatic heterocycles. The van der Waals surface area contributed by atoms with E-state index >= 15 is 0 Å². The smallest absolute Gasteiger partial charge is 0.323 e. The zero-order chi connectivity index (χ0) is 9.90. The molecule has 0 radical (unpaired) electrons. The third-order valence-electron chi connectivity index (χ3n) is 1.63. The molecule has 3 nitrogen and oxygen atoms in total. The first-order chi connectivity index (χ1) is 6.03. The van der Waals surface area contributed by atoms with Gasteiger partial charge in [-0.3, -0.25) is 4.57 Å². The van der Waals surface area contributed by atoms with Gasteiger partial charge in [0.05, 0.1) is 6.16 Å². The van der Waals surface area contributed by atoms with Crippen LogP contribution in [0.1, 0.15) is 11.1 Å². The van der Waals surface area contributed by atoms with Crippen LogP contribution >= 0.6 is 20.5 Å². The zero-order valence-corrected chi connectivity index (χ0v) is 8.96. The Morgan fingerprint density at radius 2 is 2.00 bits per heavy atom. The van der Waals surface area contributed by atoms with E-state index in [0.29, 0.717) is 0 Å². The maximum absolute atomic E-state index is 11.1. The van der Waals surface area contributed by atoms with Gasteiger partial charge in [-0.15, -0.1) is 0 Å². The minimum Gasteiger partial charge on any atom is -0.323 e. The van der Waals surface area contributed by atoms with E-state index in [-0.39, 0.29) is 6.16 Å². The fourth-order valence-electron chi connectivity index (χ4n) is 0.953. The van der Waals surface area contributed by atoms with Gasteiger partial charge in [-0.2, -0.15) is 0 Å². The molecule has 1 atom stereocenters. The minimum absolute atomic E-state index is 0.00319. The Bertz CT molecular complexity index is 323. The van der Waals surface area contributed by atoms with Crippen molar-refractivity contribution in [2.45, 2.75) is 13.1 Å². The van der Waals surface area contributed by atoms with Gasteiger partial charge in [0, 0.05) is 0 Å². The van der Waals surface area contributed by atoms with Crippen molar-refractivity contribution in [2.75, 3.05) is 0 Å². The van der Waals surface area contributed by atoms with Crippen LogP contribution in [-0.4, -0.2) is 4.89 Å². The summed E-state index contributed by atoms with van der Waals surface area (Å²) >= 11 is 3.34. The van der Waals surface area contributed by atoms with E-state index in [1.54, 1.807) is 12.1 Å². The summed E-state index contributed by atoms with van der Waals surface area (Å²) in [6, 6.07) is 7.36. The summed E-state index contributed by atoms with van der Waals surface area (Å²) in [7, 11) is -3.55. The summed E-state index contributed by atoms with van der Waals surface area (Å²) in [5, 5.41) is 0. The molecular weight excluding hydrogens is 207 g/mol. The van der Waals surface area contributed by atoms with Crippen LogP contribution < -0.4 is 0 Å². The fourth-order valence-corrected chi connectivity index (χ4v) is 1.86. The Morgan fingerprint density at radius 3 is 2.46 bits per heavy atom. The molecule has 1 aromatic rings. The van der Waals surface area contributed by atoms with E-state index in [9.17, 15) is 4.57 Å². The summed E-state index contributed by atoms with van der Waals surface area (Å²) in [6.07, 6.45) is -0.00319. The molecule has 13 heavy (non-hydrogen) atoms. The highest BCUT2D eigenvalue weighted by atomic mass is 32.1. The lowest BCUT2D eigenvalue weighted by Crippen LogP contribution is -1.87. The largest absolute Gasteiger partial charge is 0.343 e. The molecule has 0 aromatic heterocycles. The van der Waals surface area contributed by atoms with Crippen molar-refractivity contribution in [3.63, 3.8) is 0 Å². The van der Waals surface area contributed by atoms with Gasteiger partial charge in [0.2, 0.25) is 0 Å². The maximum atomic E-state index is 11.1. The maximum Gasteiger partial charge on any atom is 0.343 e. The molecule has 1 unspecified atom stereocenters. The highest BCUT2D eigenvalue weighted by Gasteiger charge is 2.18. The van der Waals surface area contributed by atoms with E-state index in [1.807, 2.05) is 19.1 Å². The Hall–Kier alpha value is -0.280. The van der Waals surface area contributed by atoms with Crippen molar-refractivity contribution in [3.05, 3.63) is 35.4 Å². The van der Waals surface area contributed by atoms with Crippen LogP contribution in [0.5, 0.6) is 0 Å².